The summed E-state index contributed by atoms with van der Waals surface area (Å²) in [5.74, 6) is -0.474. The van der Waals surface area contributed by atoms with Crippen LogP contribution in [0.15, 0.2) is 59.8 Å². The maximum absolute atomic E-state index is 10.9. The zero-order valence-electron chi connectivity index (χ0n) is 10.1. The monoisotopic (exact) mass is 242 g/mol. The molecule has 4 heteroatoms. The fraction of sp³-hybridized carbons (Fsp3) is 0.0714. The van der Waals surface area contributed by atoms with Crippen molar-refractivity contribution in [3.05, 3.63) is 65.1 Å². The Bertz CT molecular complexity index is 542. The standard InChI is InChI=1S/C14H14N2O2/c1-3-11(8-7-10(2)14(15)17)12-5-4-6-13(9-12)16-18/h3-9H,1H2,2H3,(H2,15,17)/b10-7+,11-8+. The third-order valence-corrected chi connectivity index (χ3v) is 2.41. The van der Waals surface area contributed by atoms with Crippen molar-refractivity contribution < 1.29 is 4.79 Å². The Hall–Kier alpha value is -2.49. The van der Waals surface area contributed by atoms with Crippen LogP contribution in [0.1, 0.15) is 12.5 Å². The molecule has 0 aliphatic rings. The van der Waals surface area contributed by atoms with Crippen molar-refractivity contribution in [3.63, 3.8) is 0 Å². The van der Waals surface area contributed by atoms with Gasteiger partial charge in [0.05, 0.1) is 0 Å². The van der Waals surface area contributed by atoms with Crippen molar-refractivity contribution in [3.8, 4) is 0 Å². The van der Waals surface area contributed by atoms with Crippen LogP contribution in [0.25, 0.3) is 5.57 Å². The van der Waals surface area contributed by atoms with Gasteiger partial charge in [-0.15, -0.1) is 4.91 Å². The van der Waals surface area contributed by atoms with Crippen LogP contribution in [0, 0.1) is 4.91 Å². The van der Waals surface area contributed by atoms with Gasteiger partial charge in [-0.25, -0.2) is 0 Å². The van der Waals surface area contributed by atoms with Crippen molar-refractivity contribution in [2.24, 2.45) is 10.9 Å². The van der Waals surface area contributed by atoms with Crippen LogP contribution in [0.4, 0.5) is 5.69 Å². The molecule has 1 aromatic carbocycles. The molecule has 0 saturated heterocycles. The molecule has 0 spiro atoms. The lowest BCUT2D eigenvalue weighted by Gasteiger charge is -2.01. The summed E-state index contributed by atoms with van der Waals surface area (Å²) < 4.78 is 0. The highest BCUT2D eigenvalue weighted by Crippen LogP contribution is 2.21. The fourth-order valence-corrected chi connectivity index (χ4v) is 1.32. The zero-order chi connectivity index (χ0) is 13.5. The number of allylic oxidation sites excluding steroid dienone is 4. The van der Waals surface area contributed by atoms with Crippen LogP contribution < -0.4 is 5.73 Å². The summed E-state index contributed by atoms with van der Waals surface area (Å²) in [5, 5.41) is 2.87. The second-order valence-electron chi connectivity index (χ2n) is 3.68. The summed E-state index contributed by atoms with van der Waals surface area (Å²) in [6, 6.07) is 6.82. The molecular weight excluding hydrogens is 228 g/mol. The second kappa shape index (κ2) is 6.30. The van der Waals surface area contributed by atoms with E-state index in [0.29, 0.717) is 11.3 Å². The maximum Gasteiger partial charge on any atom is 0.244 e. The molecule has 1 aromatic rings. The molecule has 18 heavy (non-hydrogen) atoms. The van der Waals surface area contributed by atoms with Crippen LogP contribution in [0.3, 0.4) is 0 Å². The number of carbonyl (C=O) groups excluding carboxylic acids is 1. The lowest BCUT2D eigenvalue weighted by molar-refractivity contribution is -0.114. The molecule has 92 valence electrons. The number of amides is 1. The van der Waals surface area contributed by atoms with Gasteiger partial charge < -0.3 is 5.73 Å². The second-order valence-corrected chi connectivity index (χ2v) is 3.68. The minimum absolute atomic E-state index is 0.343. The van der Waals surface area contributed by atoms with E-state index in [1.807, 2.05) is 6.07 Å². The minimum Gasteiger partial charge on any atom is -0.366 e. The number of nitrogens with two attached hydrogens (primary N) is 1. The van der Waals surface area contributed by atoms with Gasteiger partial charge in [0.1, 0.15) is 5.69 Å². The summed E-state index contributed by atoms with van der Waals surface area (Å²) in [6.45, 7) is 5.32. The van der Waals surface area contributed by atoms with Gasteiger partial charge in [0, 0.05) is 5.57 Å². The van der Waals surface area contributed by atoms with E-state index < -0.39 is 5.91 Å². The van der Waals surface area contributed by atoms with E-state index in [2.05, 4.69) is 11.8 Å². The van der Waals surface area contributed by atoms with E-state index in [4.69, 9.17) is 5.73 Å². The summed E-state index contributed by atoms with van der Waals surface area (Å²) in [6.07, 6.45) is 4.96. The van der Waals surface area contributed by atoms with Crippen LogP contribution in [0.2, 0.25) is 0 Å². The molecule has 0 atom stereocenters. The minimum atomic E-state index is -0.474. The number of carbonyl (C=O) groups is 1. The van der Waals surface area contributed by atoms with Crippen molar-refractivity contribution in [2.45, 2.75) is 6.92 Å². The average molecular weight is 242 g/mol. The van der Waals surface area contributed by atoms with Crippen molar-refractivity contribution >= 4 is 17.2 Å². The summed E-state index contributed by atoms with van der Waals surface area (Å²) >= 11 is 0. The first-order chi connectivity index (χ1) is 8.58. The van der Waals surface area contributed by atoms with Crippen molar-refractivity contribution in [1.82, 2.24) is 0 Å². The predicted octanol–water partition coefficient (Wildman–Crippen LogP) is 3.09. The third kappa shape index (κ3) is 3.52. The molecule has 1 amide bonds. The van der Waals surface area contributed by atoms with Gasteiger partial charge >= 0.3 is 0 Å². The molecule has 0 radical (unpaired) electrons. The number of hydrogen-bond acceptors (Lipinski definition) is 3. The van der Waals surface area contributed by atoms with Crippen molar-refractivity contribution in [1.29, 1.82) is 0 Å². The highest BCUT2D eigenvalue weighted by atomic mass is 16.3. The Balaban J connectivity index is 3.13. The molecule has 4 nitrogen and oxygen atoms in total. The molecule has 2 N–H and O–H groups in total. The molecule has 1 rings (SSSR count). The first-order valence-electron chi connectivity index (χ1n) is 5.33. The Labute approximate surface area is 105 Å². The number of nitroso groups, excluding NO2 is 1. The molecule has 0 aliphatic carbocycles. The van der Waals surface area contributed by atoms with Gasteiger partial charge in [-0.3, -0.25) is 4.79 Å². The van der Waals surface area contributed by atoms with Crippen LogP contribution >= 0.6 is 0 Å². The molecule has 0 bridgehead atoms. The lowest BCUT2D eigenvalue weighted by Crippen LogP contribution is -2.11. The topological polar surface area (TPSA) is 72.5 Å². The number of nitrogens with zero attached hydrogens (tertiary/aromatic N) is 1. The van der Waals surface area contributed by atoms with E-state index in [1.165, 1.54) is 0 Å². The van der Waals surface area contributed by atoms with E-state index in [0.717, 1.165) is 11.1 Å². The van der Waals surface area contributed by atoms with Gasteiger partial charge in [-0.2, -0.15) is 0 Å². The van der Waals surface area contributed by atoms with Crippen molar-refractivity contribution in [2.75, 3.05) is 0 Å². The Morgan fingerprint density at radius 1 is 1.39 bits per heavy atom. The summed E-state index contributed by atoms with van der Waals surface area (Å²) in [5.41, 5.74) is 7.50. The Kier molecular flexibility index (Phi) is 4.75. The van der Waals surface area contributed by atoms with Crippen LogP contribution in [0.5, 0.6) is 0 Å². The number of rotatable bonds is 5. The highest BCUT2D eigenvalue weighted by Gasteiger charge is 2.00. The molecule has 0 aliphatic heterocycles. The molecule has 0 saturated carbocycles. The van der Waals surface area contributed by atoms with Gasteiger partial charge in [-0.05, 0) is 35.4 Å². The fourth-order valence-electron chi connectivity index (χ4n) is 1.32. The quantitative estimate of drug-likeness (QED) is 0.489. The first kappa shape index (κ1) is 13.6. The Morgan fingerprint density at radius 2 is 2.11 bits per heavy atom. The zero-order valence-corrected chi connectivity index (χ0v) is 10.1. The Morgan fingerprint density at radius 3 is 2.67 bits per heavy atom. The van der Waals surface area contributed by atoms with E-state index in [1.54, 1.807) is 43.4 Å². The molecule has 0 fully saturated rings. The van der Waals surface area contributed by atoms with Gasteiger partial charge in [-0.1, -0.05) is 36.9 Å². The maximum atomic E-state index is 10.9. The van der Waals surface area contributed by atoms with Gasteiger partial charge in [0.2, 0.25) is 5.91 Å². The van der Waals surface area contributed by atoms with Crippen LogP contribution in [-0.2, 0) is 4.79 Å². The predicted molar refractivity (Wildman–Crippen MR) is 73.0 cm³/mol. The van der Waals surface area contributed by atoms with E-state index in [9.17, 15) is 9.70 Å². The molecule has 0 aromatic heterocycles. The largest absolute Gasteiger partial charge is 0.366 e. The number of benzene rings is 1. The third-order valence-electron chi connectivity index (χ3n) is 2.41. The molecular formula is C14H14N2O2. The smallest absolute Gasteiger partial charge is 0.244 e. The van der Waals surface area contributed by atoms with Gasteiger partial charge in [0.15, 0.2) is 0 Å². The van der Waals surface area contributed by atoms with E-state index >= 15 is 0 Å². The summed E-state index contributed by atoms with van der Waals surface area (Å²) in [4.78, 5) is 21.3. The van der Waals surface area contributed by atoms with E-state index in [-0.39, 0.29) is 0 Å². The lowest BCUT2D eigenvalue weighted by atomic mass is 10.0. The molecule has 0 heterocycles. The van der Waals surface area contributed by atoms with Gasteiger partial charge in [0.25, 0.3) is 0 Å². The van der Waals surface area contributed by atoms with Crippen LogP contribution in [-0.4, -0.2) is 5.91 Å². The highest BCUT2D eigenvalue weighted by molar-refractivity contribution is 5.92. The summed E-state index contributed by atoms with van der Waals surface area (Å²) in [7, 11) is 0. The number of primary amides is 1. The number of hydrogen-bond donors (Lipinski definition) is 1. The SMILES string of the molecule is C=C/C(=C\C=C(/C)C(N)=O)c1cccc(N=O)c1. The first-order valence-corrected chi connectivity index (χ1v) is 5.33. The average Bonchev–Trinajstić information content (AvgIpc) is 2.39. The normalized spacial score (nSPS) is 12.1. The molecule has 0 unspecified atom stereocenters.